The Labute approximate surface area is 60.9 Å². The van der Waals surface area contributed by atoms with Crippen molar-refractivity contribution in [3.8, 4) is 0 Å². The van der Waals surface area contributed by atoms with E-state index in [4.69, 9.17) is 5.73 Å². The molecule has 0 aromatic rings. The highest BCUT2D eigenvalue weighted by Crippen LogP contribution is 2.14. The van der Waals surface area contributed by atoms with Crippen LogP contribution >= 0.6 is 11.9 Å². The zero-order valence-corrected chi connectivity index (χ0v) is 6.66. The Balaban J connectivity index is 2.23. The first kappa shape index (κ1) is 7.38. The number of rotatable bonds is 1. The molecule has 3 heteroatoms. The average Bonchev–Trinajstić information content (AvgIpc) is 1.88. The number of hydrogen-bond donors (Lipinski definition) is 1. The summed E-state index contributed by atoms with van der Waals surface area (Å²) in [7, 11) is 0. The molecule has 0 aromatic carbocycles. The largest absolute Gasteiger partial charge is 0.327 e. The van der Waals surface area contributed by atoms with Crippen LogP contribution in [0, 0.1) is 0 Å². The summed E-state index contributed by atoms with van der Waals surface area (Å²) in [6, 6.07) is 0.422. The van der Waals surface area contributed by atoms with E-state index in [1.165, 1.54) is 19.4 Å². The van der Waals surface area contributed by atoms with Gasteiger partial charge < -0.3 is 5.73 Å². The van der Waals surface area contributed by atoms with Gasteiger partial charge in [-0.05, 0) is 19.1 Å². The van der Waals surface area contributed by atoms with E-state index in [0.717, 1.165) is 6.54 Å². The van der Waals surface area contributed by atoms with Crippen molar-refractivity contribution in [2.24, 2.45) is 5.73 Å². The highest BCUT2D eigenvalue weighted by molar-refractivity contribution is 7.96. The van der Waals surface area contributed by atoms with Gasteiger partial charge in [0.2, 0.25) is 0 Å². The lowest BCUT2D eigenvalue weighted by Gasteiger charge is -2.28. The molecule has 9 heavy (non-hydrogen) atoms. The maximum Gasteiger partial charge on any atom is 0.0241 e. The van der Waals surface area contributed by atoms with Crippen molar-refractivity contribution in [1.29, 1.82) is 0 Å². The first-order valence-corrected chi connectivity index (χ1v) is 4.55. The van der Waals surface area contributed by atoms with Gasteiger partial charge in [0.1, 0.15) is 0 Å². The van der Waals surface area contributed by atoms with E-state index in [-0.39, 0.29) is 0 Å². The first-order valence-electron chi connectivity index (χ1n) is 3.37. The Bertz CT molecular complexity index is 87.1. The van der Waals surface area contributed by atoms with Gasteiger partial charge in [-0.25, -0.2) is 4.31 Å². The number of hydrogen-bond acceptors (Lipinski definition) is 3. The van der Waals surface area contributed by atoms with Gasteiger partial charge in [0.15, 0.2) is 0 Å². The van der Waals surface area contributed by atoms with Gasteiger partial charge in [-0.1, -0.05) is 11.9 Å². The Morgan fingerprint density at radius 1 is 1.67 bits per heavy atom. The molecule has 1 heterocycles. The van der Waals surface area contributed by atoms with Gasteiger partial charge in [-0.2, -0.15) is 0 Å². The Hall–Kier alpha value is 0.270. The number of nitrogens with two attached hydrogens (primary N) is 1. The fourth-order valence-electron chi connectivity index (χ4n) is 1.14. The smallest absolute Gasteiger partial charge is 0.0241 e. The van der Waals surface area contributed by atoms with Crippen LogP contribution in [0.1, 0.15) is 12.8 Å². The fraction of sp³-hybridized carbons (Fsp3) is 1.00. The molecular formula is C6H14N2S. The van der Waals surface area contributed by atoms with Crippen molar-refractivity contribution in [1.82, 2.24) is 4.31 Å². The number of piperidine rings is 1. The lowest BCUT2D eigenvalue weighted by atomic mass is 10.1. The summed E-state index contributed by atoms with van der Waals surface area (Å²) in [5, 5.41) is 0. The zero-order chi connectivity index (χ0) is 6.69. The van der Waals surface area contributed by atoms with Crippen LogP contribution in [0.2, 0.25) is 0 Å². The monoisotopic (exact) mass is 146 g/mol. The topological polar surface area (TPSA) is 29.3 Å². The van der Waals surface area contributed by atoms with Gasteiger partial charge in [0, 0.05) is 19.1 Å². The molecule has 0 saturated carbocycles. The van der Waals surface area contributed by atoms with Crippen LogP contribution < -0.4 is 5.73 Å². The molecule has 0 aliphatic carbocycles. The standard InChI is InChI=1S/C6H14N2S/c1-9-8-4-2-3-6(7)5-8/h6H,2-5,7H2,1H3. The van der Waals surface area contributed by atoms with Crippen LogP contribution in [0.25, 0.3) is 0 Å². The second-order valence-corrected chi connectivity index (χ2v) is 3.35. The van der Waals surface area contributed by atoms with E-state index >= 15 is 0 Å². The second-order valence-electron chi connectivity index (χ2n) is 2.47. The molecule has 1 atom stereocenters. The molecule has 0 radical (unpaired) electrons. The average molecular weight is 146 g/mol. The fourth-order valence-corrected chi connectivity index (χ4v) is 1.79. The minimum atomic E-state index is 0.422. The molecule has 1 rings (SSSR count). The minimum Gasteiger partial charge on any atom is -0.327 e. The maximum absolute atomic E-state index is 5.75. The van der Waals surface area contributed by atoms with Gasteiger partial charge in [-0.3, -0.25) is 0 Å². The summed E-state index contributed by atoms with van der Waals surface area (Å²) >= 11 is 1.80. The van der Waals surface area contributed by atoms with E-state index in [2.05, 4.69) is 10.6 Å². The second kappa shape index (κ2) is 3.44. The summed E-state index contributed by atoms with van der Waals surface area (Å²) in [6.45, 7) is 2.29. The molecule has 0 aromatic heterocycles. The van der Waals surface area contributed by atoms with Crippen LogP contribution in [-0.2, 0) is 0 Å². The van der Waals surface area contributed by atoms with Gasteiger partial charge in [0.05, 0.1) is 0 Å². The van der Waals surface area contributed by atoms with Crippen molar-refractivity contribution >= 4 is 11.9 Å². The molecule has 0 bridgehead atoms. The SMILES string of the molecule is CSN1CCCC(N)C1. The molecule has 2 N–H and O–H groups in total. The third-order valence-electron chi connectivity index (χ3n) is 1.68. The predicted molar refractivity (Wildman–Crippen MR) is 42.3 cm³/mol. The van der Waals surface area contributed by atoms with Crippen LogP contribution in [-0.4, -0.2) is 29.7 Å². The molecule has 1 fully saturated rings. The summed E-state index contributed by atoms with van der Waals surface area (Å²) in [6.07, 6.45) is 4.58. The summed E-state index contributed by atoms with van der Waals surface area (Å²) in [5.74, 6) is 0. The van der Waals surface area contributed by atoms with Gasteiger partial charge in [-0.15, -0.1) is 0 Å². The van der Waals surface area contributed by atoms with E-state index < -0.39 is 0 Å². The number of nitrogens with zero attached hydrogens (tertiary/aromatic N) is 1. The normalized spacial score (nSPS) is 30.7. The van der Waals surface area contributed by atoms with Crippen LogP contribution in [0.15, 0.2) is 0 Å². The predicted octanol–water partition coefficient (Wildman–Crippen LogP) is 0.688. The molecule has 1 aliphatic rings. The molecule has 1 saturated heterocycles. The van der Waals surface area contributed by atoms with Crippen molar-refractivity contribution < 1.29 is 0 Å². The van der Waals surface area contributed by atoms with E-state index in [1.54, 1.807) is 11.9 Å². The molecule has 0 amide bonds. The zero-order valence-electron chi connectivity index (χ0n) is 5.84. The molecule has 54 valence electrons. The Morgan fingerprint density at radius 3 is 2.89 bits per heavy atom. The van der Waals surface area contributed by atoms with Crippen molar-refractivity contribution in [3.63, 3.8) is 0 Å². The van der Waals surface area contributed by atoms with Crippen LogP contribution in [0.3, 0.4) is 0 Å². The molecule has 2 nitrogen and oxygen atoms in total. The lowest BCUT2D eigenvalue weighted by molar-refractivity contribution is 0.343. The summed E-state index contributed by atoms with van der Waals surface area (Å²) < 4.78 is 2.33. The highest BCUT2D eigenvalue weighted by Gasteiger charge is 2.14. The third-order valence-corrected chi connectivity index (χ3v) is 2.53. The molecular weight excluding hydrogens is 132 g/mol. The quantitative estimate of drug-likeness (QED) is 0.552. The summed E-state index contributed by atoms with van der Waals surface area (Å²) in [5.41, 5.74) is 5.75. The molecule has 0 spiro atoms. The van der Waals surface area contributed by atoms with Gasteiger partial charge >= 0.3 is 0 Å². The van der Waals surface area contributed by atoms with Crippen molar-refractivity contribution in [3.05, 3.63) is 0 Å². The van der Waals surface area contributed by atoms with E-state index in [0.29, 0.717) is 6.04 Å². The highest BCUT2D eigenvalue weighted by atomic mass is 32.2. The first-order chi connectivity index (χ1) is 4.33. The molecule has 1 aliphatic heterocycles. The third kappa shape index (κ3) is 2.16. The van der Waals surface area contributed by atoms with Crippen LogP contribution in [0.4, 0.5) is 0 Å². The lowest BCUT2D eigenvalue weighted by Crippen LogP contribution is -2.38. The summed E-state index contributed by atoms with van der Waals surface area (Å²) in [4.78, 5) is 0. The Morgan fingerprint density at radius 2 is 2.44 bits per heavy atom. The van der Waals surface area contributed by atoms with E-state index in [9.17, 15) is 0 Å². The maximum atomic E-state index is 5.75. The van der Waals surface area contributed by atoms with Crippen molar-refractivity contribution in [2.75, 3.05) is 19.3 Å². The van der Waals surface area contributed by atoms with Gasteiger partial charge in [0.25, 0.3) is 0 Å². The molecule has 1 unspecified atom stereocenters. The van der Waals surface area contributed by atoms with Crippen molar-refractivity contribution in [2.45, 2.75) is 18.9 Å². The van der Waals surface area contributed by atoms with Crippen LogP contribution in [0.5, 0.6) is 0 Å². The Kier molecular flexibility index (Phi) is 2.82. The van der Waals surface area contributed by atoms with E-state index in [1.807, 2.05) is 0 Å². The minimum absolute atomic E-state index is 0.422.